The Balaban J connectivity index is 2.11. The molecule has 0 spiro atoms. The highest BCUT2D eigenvalue weighted by Crippen LogP contribution is 2.64. The molecule has 0 unspecified atom stereocenters. The zero-order valence-corrected chi connectivity index (χ0v) is 10.9. The molecule has 1 aliphatic rings. The highest BCUT2D eigenvalue weighted by molar-refractivity contribution is 5.90. The third-order valence-corrected chi connectivity index (χ3v) is 3.77. The summed E-state index contributed by atoms with van der Waals surface area (Å²) >= 11 is 0. The molecule has 4 nitrogen and oxygen atoms in total. The molecule has 0 aliphatic heterocycles. The summed E-state index contributed by atoms with van der Waals surface area (Å²) in [6, 6.07) is 10.1. The van der Waals surface area contributed by atoms with Crippen LogP contribution in [0.5, 0.6) is 0 Å². The summed E-state index contributed by atoms with van der Waals surface area (Å²) in [5.41, 5.74) is -1.51. The molecule has 1 amide bonds. The average molecular weight is 298 g/mol. The van der Waals surface area contributed by atoms with E-state index in [1.54, 1.807) is 30.3 Å². The van der Waals surface area contributed by atoms with E-state index in [2.05, 4.69) is 5.32 Å². The molecule has 21 heavy (non-hydrogen) atoms. The van der Waals surface area contributed by atoms with Gasteiger partial charge in [-0.25, -0.2) is 0 Å². The largest absolute Gasteiger partial charge is 0.396 e. The first-order valence-corrected chi connectivity index (χ1v) is 6.29. The minimum absolute atomic E-state index is 0.0336. The van der Waals surface area contributed by atoms with Crippen molar-refractivity contribution < 1.29 is 23.1 Å². The molecule has 1 aromatic rings. The molecule has 3 atom stereocenters. The molecule has 2 N–H and O–H groups in total. The number of nitrogens with one attached hydrogen (secondary N) is 1. The number of halogens is 3. The van der Waals surface area contributed by atoms with Crippen LogP contribution >= 0.6 is 0 Å². The predicted molar refractivity (Wildman–Crippen MR) is 66.5 cm³/mol. The third kappa shape index (κ3) is 2.59. The number of nitrogens with zero attached hydrogens (tertiary/aromatic N) is 1. The fourth-order valence-corrected chi connectivity index (χ4v) is 2.63. The number of carbonyl (C=O) groups is 1. The fraction of sp³-hybridized carbons (Fsp3) is 0.429. The minimum atomic E-state index is -4.69. The van der Waals surface area contributed by atoms with Gasteiger partial charge in [-0.3, -0.25) is 4.79 Å². The van der Waals surface area contributed by atoms with Crippen molar-refractivity contribution in [3.05, 3.63) is 35.9 Å². The maximum absolute atomic E-state index is 12.8. The fourth-order valence-electron chi connectivity index (χ4n) is 2.63. The first-order chi connectivity index (χ1) is 9.87. The normalized spacial score (nSPS) is 27.8. The van der Waals surface area contributed by atoms with Gasteiger partial charge in [0.1, 0.15) is 0 Å². The number of carbonyl (C=O) groups excluding carboxylic acids is 1. The lowest BCUT2D eigenvalue weighted by molar-refractivity contribution is -0.160. The van der Waals surface area contributed by atoms with Crippen molar-refractivity contribution in [3.8, 4) is 6.07 Å². The Morgan fingerprint density at radius 3 is 2.43 bits per heavy atom. The van der Waals surface area contributed by atoms with E-state index >= 15 is 0 Å². The maximum atomic E-state index is 12.8. The van der Waals surface area contributed by atoms with E-state index in [9.17, 15) is 18.0 Å². The van der Waals surface area contributed by atoms with E-state index in [0.29, 0.717) is 5.56 Å². The van der Waals surface area contributed by atoms with Crippen LogP contribution in [0.2, 0.25) is 0 Å². The Kier molecular flexibility index (Phi) is 3.92. The second-order valence-electron chi connectivity index (χ2n) is 4.96. The van der Waals surface area contributed by atoms with Crippen molar-refractivity contribution >= 4 is 5.91 Å². The van der Waals surface area contributed by atoms with Gasteiger partial charge in [-0.2, -0.15) is 18.4 Å². The average Bonchev–Trinajstić information content (AvgIpc) is 3.15. The van der Waals surface area contributed by atoms with E-state index in [0.717, 1.165) is 0 Å². The maximum Gasteiger partial charge on any atom is 0.394 e. The van der Waals surface area contributed by atoms with Gasteiger partial charge in [-0.05, 0) is 5.56 Å². The summed E-state index contributed by atoms with van der Waals surface area (Å²) in [4.78, 5) is 12.0. The van der Waals surface area contributed by atoms with Crippen molar-refractivity contribution in [3.63, 3.8) is 0 Å². The third-order valence-electron chi connectivity index (χ3n) is 3.77. The lowest BCUT2D eigenvalue weighted by Crippen LogP contribution is -2.35. The summed E-state index contributed by atoms with van der Waals surface area (Å²) in [6.07, 6.45) is -4.69. The van der Waals surface area contributed by atoms with Crippen LogP contribution in [0.15, 0.2) is 30.3 Å². The number of benzene rings is 1. The van der Waals surface area contributed by atoms with Crippen molar-refractivity contribution in [1.82, 2.24) is 5.32 Å². The molecular formula is C14H13F3N2O2. The van der Waals surface area contributed by atoms with Crippen LogP contribution in [0.4, 0.5) is 13.2 Å². The number of rotatable bonds is 4. The van der Waals surface area contributed by atoms with Crippen molar-refractivity contribution in [2.24, 2.45) is 17.3 Å². The van der Waals surface area contributed by atoms with Gasteiger partial charge in [0, 0.05) is 19.1 Å². The second kappa shape index (κ2) is 5.37. The van der Waals surface area contributed by atoms with E-state index in [4.69, 9.17) is 10.4 Å². The molecule has 1 aliphatic carbocycles. The summed E-state index contributed by atoms with van der Waals surface area (Å²) in [6.45, 7) is -0.817. The van der Waals surface area contributed by atoms with E-state index in [-0.39, 0.29) is 6.54 Å². The number of nitriles is 1. The standard InChI is InChI=1S/C14H13F3N2O2/c15-14(16,17)11-10(7-20)13(11,8-18)12(21)19-6-9-4-2-1-3-5-9/h1-5,10-11,20H,6-7H2,(H,19,21)/t10-,11-,13-/m1/s1. The molecule has 0 saturated heterocycles. The van der Waals surface area contributed by atoms with Gasteiger partial charge in [0.15, 0.2) is 5.41 Å². The second-order valence-corrected chi connectivity index (χ2v) is 4.96. The van der Waals surface area contributed by atoms with Gasteiger partial charge >= 0.3 is 6.18 Å². The first-order valence-electron chi connectivity index (χ1n) is 6.29. The minimum Gasteiger partial charge on any atom is -0.396 e. The van der Waals surface area contributed by atoms with Crippen LogP contribution in [-0.4, -0.2) is 23.8 Å². The molecule has 2 rings (SSSR count). The van der Waals surface area contributed by atoms with E-state index in [1.165, 1.54) is 6.07 Å². The molecule has 1 fully saturated rings. The van der Waals surface area contributed by atoms with Crippen LogP contribution in [0.25, 0.3) is 0 Å². The Morgan fingerprint density at radius 2 is 2.00 bits per heavy atom. The molecule has 7 heteroatoms. The van der Waals surface area contributed by atoms with Crippen LogP contribution < -0.4 is 5.32 Å². The smallest absolute Gasteiger partial charge is 0.394 e. The molecule has 112 valence electrons. The Hall–Kier alpha value is -2.07. The molecule has 0 heterocycles. The van der Waals surface area contributed by atoms with Crippen LogP contribution in [0, 0.1) is 28.6 Å². The lowest BCUT2D eigenvalue weighted by atomic mass is 10.0. The monoisotopic (exact) mass is 298 g/mol. The number of hydrogen-bond donors (Lipinski definition) is 2. The Labute approximate surface area is 119 Å². The van der Waals surface area contributed by atoms with Crippen LogP contribution in [-0.2, 0) is 11.3 Å². The molecular weight excluding hydrogens is 285 g/mol. The Morgan fingerprint density at radius 1 is 1.38 bits per heavy atom. The zero-order valence-electron chi connectivity index (χ0n) is 10.9. The number of aliphatic hydroxyl groups is 1. The predicted octanol–water partition coefficient (Wildman–Crippen LogP) is 1.61. The Bertz CT molecular complexity index is 568. The zero-order chi connectivity index (χ0) is 15.7. The number of aliphatic hydroxyl groups excluding tert-OH is 1. The van der Waals surface area contributed by atoms with Gasteiger partial charge in [-0.1, -0.05) is 30.3 Å². The van der Waals surface area contributed by atoms with E-state index in [1.807, 2.05) is 0 Å². The summed E-state index contributed by atoms with van der Waals surface area (Å²) < 4.78 is 38.5. The highest BCUT2D eigenvalue weighted by atomic mass is 19.4. The SMILES string of the molecule is N#C[C@@]1(C(=O)NCc2ccccc2)[C@H](CO)[C@H]1C(F)(F)F. The summed E-state index contributed by atoms with van der Waals surface area (Å²) in [7, 11) is 0. The summed E-state index contributed by atoms with van der Waals surface area (Å²) in [5, 5.41) is 20.4. The summed E-state index contributed by atoms with van der Waals surface area (Å²) in [5.74, 6) is -4.51. The molecule has 0 aromatic heterocycles. The van der Waals surface area contributed by atoms with E-state index < -0.39 is 35.9 Å². The number of amides is 1. The van der Waals surface area contributed by atoms with Crippen molar-refractivity contribution in [2.45, 2.75) is 12.7 Å². The van der Waals surface area contributed by atoms with Gasteiger partial charge < -0.3 is 10.4 Å². The lowest BCUT2D eigenvalue weighted by Gasteiger charge is -2.12. The topological polar surface area (TPSA) is 73.1 Å². The van der Waals surface area contributed by atoms with Crippen LogP contribution in [0.3, 0.4) is 0 Å². The first kappa shape index (κ1) is 15.3. The highest BCUT2D eigenvalue weighted by Gasteiger charge is 2.79. The number of hydrogen-bond acceptors (Lipinski definition) is 3. The van der Waals surface area contributed by atoms with Crippen molar-refractivity contribution in [1.29, 1.82) is 5.26 Å². The molecule has 0 bridgehead atoms. The molecule has 1 saturated carbocycles. The van der Waals surface area contributed by atoms with Gasteiger partial charge in [0.05, 0.1) is 12.0 Å². The van der Waals surface area contributed by atoms with Crippen LogP contribution in [0.1, 0.15) is 5.56 Å². The van der Waals surface area contributed by atoms with Gasteiger partial charge in [0.25, 0.3) is 0 Å². The quantitative estimate of drug-likeness (QED) is 0.887. The van der Waals surface area contributed by atoms with Gasteiger partial charge in [-0.15, -0.1) is 0 Å². The van der Waals surface area contributed by atoms with Crippen molar-refractivity contribution in [2.75, 3.05) is 6.61 Å². The number of alkyl halides is 3. The molecule has 0 radical (unpaired) electrons. The van der Waals surface area contributed by atoms with Gasteiger partial charge in [0.2, 0.25) is 5.91 Å². The molecule has 1 aromatic carbocycles.